The molecule has 2 N–H and O–H groups in total. The van der Waals surface area contributed by atoms with Gasteiger partial charge >= 0.3 is 0 Å². The Morgan fingerprint density at radius 1 is 1.07 bits per heavy atom. The first-order valence-electron chi connectivity index (χ1n) is 10.5. The van der Waals surface area contributed by atoms with Crippen molar-refractivity contribution in [3.8, 4) is 0 Å². The lowest BCUT2D eigenvalue weighted by atomic mass is 10.0. The van der Waals surface area contributed by atoms with E-state index in [-0.39, 0.29) is 24.3 Å². The minimum Gasteiger partial charge on any atom is -0.376 e. The van der Waals surface area contributed by atoms with Crippen LogP contribution in [0, 0.1) is 0 Å². The molecule has 0 aromatic heterocycles. The molecule has 0 spiro atoms. The van der Waals surface area contributed by atoms with Crippen LogP contribution in [-0.2, 0) is 22.4 Å². The van der Waals surface area contributed by atoms with Crippen LogP contribution < -0.4 is 10.6 Å². The van der Waals surface area contributed by atoms with Gasteiger partial charge in [0.15, 0.2) is 0 Å². The molecule has 29 heavy (non-hydrogen) atoms. The molecule has 1 unspecified atom stereocenters. The Balaban J connectivity index is 1.56. The van der Waals surface area contributed by atoms with Gasteiger partial charge in [0.25, 0.3) is 5.91 Å². The second-order valence-corrected chi connectivity index (χ2v) is 7.54. The van der Waals surface area contributed by atoms with Crippen molar-refractivity contribution in [3.05, 3.63) is 65.2 Å². The van der Waals surface area contributed by atoms with Crippen LogP contribution in [0.3, 0.4) is 0 Å². The van der Waals surface area contributed by atoms with Crippen LogP contribution in [0.5, 0.6) is 0 Å². The Hall–Kier alpha value is -2.66. The van der Waals surface area contributed by atoms with Crippen molar-refractivity contribution in [2.75, 3.05) is 18.5 Å². The fourth-order valence-electron chi connectivity index (χ4n) is 3.48. The van der Waals surface area contributed by atoms with Gasteiger partial charge in [-0.05, 0) is 48.9 Å². The largest absolute Gasteiger partial charge is 0.376 e. The van der Waals surface area contributed by atoms with Crippen molar-refractivity contribution >= 4 is 17.5 Å². The Morgan fingerprint density at radius 3 is 2.55 bits per heavy atom. The van der Waals surface area contributed by atoms with Crippen LogP contribution in [0.25, 0.3) is 0 Å². The molecule has 1 aliphatic heterocycles. The average molecular weight is 395 g/mol. The van der Waals surface area contributed by atoms with E-state index in [1.807, 2.05) is 18.2 Å². The molecule has 0 bridgehead atoms. The number of benzene rings is 2. The number of amides is 2. The number of unbranched alkanes of at least 4 members (excludes halogenated alkanes) is 1. The van der Waals surface area contributed by atoms with E-state index in [0.717, 1.165) is 31.4 Å². The molecule has 0 aliphatic carbocycles. The smallest absolute Gasteiger partial charge is 0.253 e. The van der Waals surface area contributed by atoms with E-state index in [1.165, 1.54) is 18.4 Å². The molecule has 1 fully saturated rings. The molecule has 3 rings (SSSR count). The van der Waals surface area contributed by atoms with Crippen molar-refractivity contribution in [3.63, 3.8) is 0 Å². The highest BCUT2D eigenvalue weighted by atomic mass is 16.5. The standard InChI is InChI=1S/C24H30N2O3/c1-2-3-7-18-11-13-19(14-12-18)16-23(27)26-22-10-5-4-9-21(22)24(28)25-17-20-8-6-15-29-20/h4-5,9-14,20H,2-3,6-8,15-17H2,1H3,(H,25,28)(H,26,27). The molecule has 1 aliphatic rings. The first kappa shape index (κ1) is 21.1. The molecule has 2 aromatic carbocycles. The zero-order valence-corrected chi connectivity index (χ0v) is 17.1. The maximum Gasteiger partial charge on any atom is 0.253 e. The van der Waals surface area contributed by atoms with E-state index in [2.05, 4.69) is 29.7 Å². The summed E-state index contributed by atoms with van der Waals surface area (Å²) in [5.41, 5.74) is 3.25. The van der Waals surface area contributed by atoms with Crippen molar-refractivity contribution in [1.29, 1.82) is 0 Å². The summed E-state index contributed by atoms with van der Waals surface area (Å²) in [4.78, 5) is 25.1. The van der Waals surface area contributed by atoms with Gasteiger partial charge in [-0.3, -0.25) is 9.59 Å². The van der Waals surface area contributed by atoms with Gasteiger partial charge in [-0.2, -0.15) is 0 Å². The Kier molecular flexibility index (Phi) is 7.82. The van der Waals surface area contributed by atoms with Crippen molar-refractivity contribution in [2.24, 2.45) is 0 Å². The fourth-order valence-corrected chi connectivity index (χ4v) is 3.48. The van der Waals surface area contributed by atoms with Crippen molar-refractivity contribution < 1.29 is 14.3 Å². The van der Waals surface area contributed by atoms with Gasteiger partial charge in [0.1, 0.15) is 0 Å². The molecule has 2 amide bonds. The van der Waals surface area contributed by atoms with Crippen molar-refractivity contribution in [1.82, 2.24) is 5.32 Å². The summed E-state index contributed by atoms with van der Waals surface area (Å²) in [6.45, 7) is 3.43. The summed E-state index contributed by atoms with van der Waals surface area (Å²) in [5, 5.41) is 5.80. The molecular formula is C24H30N2O3. The summed E-state index contributed by atoms with van der Waals surface area (Å²) in [6, 6.07) is 15.3. The molecule has 2 aromatic rings. The zero-order valence-electron chi connectivity index (χ0n) is 17.1. The van der Waals surface area contributed by atoms with Crippen molar-refractivity contribution in [2.45, 2.75) is 51.6 Å². The first-order valence-corrected chi connectivity index (χ1v) is 10.5. The summed E-state index contributed by atoms with van der Waals surface area (Å²) in [6.07, 6.45) is 5.78. The maximum atomic E-state index is 12.6. The van der Waals surface area contributed by atoms with Gasteiger partial charge in [-0.25, -0.2) is 0 Å². The SMILES string of the molecule is CCCCc1ccc(CC(=O)Nc2ccccc2C(=O)NCC2CCCO2)cc1. The Morgan fingerprint density at radius 2 is 1.83 bits per heavy atom. The summed E-state index contributed by atoms with van der Waals surface area (Å²) in [5.74, 6) is -0.331. The topological polar surface area (TPSA) is 67.4 Å². The van der Waals surface area contributed by atoms with Gasteiger partial charge in [0.05, 0.1) is 23.8 Å². The van der Waals surface area contributed by atoms with E-state index in [1.54, 1.807) is 18.2 Å². The first-order chi connectivity index (χ1) is 14.2. The summed E-state index contributed by atoms with van der Waals surface area (Å²) >= 11 is 0. The molecule has 1 atom stereocenters. The Labute approximate surface area is 172 Å². The highest BCUT2D eigenvalue weighted by molar-refractivity contribution is 6.04. The number of nitrogens with one attached hydrogen (secondary N) is 2. The van der Waals surface area contributed by atoms with E-state index in [0.29, 0.717) is 17.8 Å². The van der Waals surface area contributed by atoms with E-state index < -0.39 is 0 Å². The second-order valence-electron chi connectivity index (χ2n) is 7.54. The molecule has 0 saturated carbocycles. The highest BCUT2D eigenvalue weighted by Crippen LogP contribution is 2.17. The number of hydrogen-bond acceptors (Lipinski definition) is 3. The van der Waals surface area contributed by atoms with E-state index >= 15 is 0 Å². The number of hydrogen-bond donors (Lipinski definition) is 2. The molecule has 154 valence electrons. The lowest BCUT2D eigenvalue weighted by Crippen LogP contribution is -2.32. The van der Waals surface area contributed by atoms with Gasteiger partial charge < -0.3 is 15.4 Å². The molecule has 5 heteroatoms. The normalized spacial score (nSPS) is 15.8. The zero-order chi connectivity index (χ0) is 20.5. The summed E-state index contributed by atoms with van der Waals surface area (Å²) in [7, 11) is 0. The lowest BCUT2D eigenvalue weighted by Gasteiger charge is -2.14. The highest BCUT2D eigenvalue weighted by Gasteiger charge is 2.18. The number of carbonyl (C=O) groups is 2. The molecular weight excluding hydrogens is 364 g/mol. The van der Waals surface area contributed by atoms with Crippen LogP contribution in [0.2, 0.25) is 0 Å². The van der Waals surface area contributed by atoms with Crippen LogP contribution in [-0.4, -0.2) is 31.1 Å². The number of anilines is 1. The minimum absolute atomic E-state index is 0.0843. The predicted molar refractivity (Wildman–Crippen MR) is 115 cm³/mol. The molecule has 0 radical (unpaired) electrons. The Bertz CT molecular complexity index is 811. The van der Waals surface area contributed by atoms with Gasteiger partial charge in [0.2, 0.25) is 5.91 Å². The summed E-state index contributed by atoms with van der Waals surface area (Å²) < 4.78 is 5.55. The number of aryl methyl sites for hydroxylation is 1. The second kappa shape index (κ2) is 10.8. The third kappa shape index (κ3) is 6.43. The number of carbonyl (C=O) groups excluding carboxylic acids is 2. The molecule has 1 saturated heterocycles. The average Bonchev–Trinajstić information content (AvgIpc) is 3.25. The van der Waals surface area contributed by atoms with Gasteiger partial charge in [-0.15, -0.1) is 0 Å². The molecule has 1 heterocycles. The third-order valence-corrected chi connectivity index (χ3v) is 5.17. The number of para-hydroxylation sites is 1. The van der Waals surface area contributed by atoms with Crippen LogP contribution >= 0.6 is 0 Å². The van der Waals surface area contributed by atoms with E-state index in [4.69, 9.17) is 4.74 Å². The number of rotatable bonds is 9. The van der Waals surface area contributed by atoms with Crippen LogP contribution in [0.1, 0.15) is 54.1 Å². The van der Waals surface area contributed by atoms with Crippen LogP contribution in [0.15, 0.2) is 48.5 Å². The molecule has 5 nitrogen and oxygen atoms in total. The predicted octanol–water partition coefficient (Wildman–Crippen LogP) is 4.12. The quantitative estimate of drug-likeness (QED) is 0.672. The van der Waals surface area contributed by atoms with Gasteiger partial charge in [0, 0.05) is 13.2 Å². The number of ether oxygens (including phenoxy) is 1. The van der Waals surface area contributed by atoms with Gasteiger partial charge in [-0.1, -0.05) is 49.7 Å². The third-order valence-electron chi connectivity index (χ3n) is 5.17. The lowest BCUT2D eigenvalue weighted by molar-refractivity contribution is -0.115. The maximum absolute atomic E-state index is 12.6. The van der Waals surface area contributed by atoms with E-state index in [9.17, 15) is 9.59 Å². The minimum atomic E-state index is -0.198. The monoisotopic (exact) mass is 394 g/mol. The fraction of sp³-hybridized carbons (Fsp3) is 0.417. The van der Waals surface area contributed by atoms with Crippen LogP contribution in [0.4, 0.5) is 5.69 Å².